The zero-order valence-electron chi connectivity index (χ0n) is 12.6. The topological polar surface area (TPSA) is 38.3 Å². The first-order valence-corrected chi connectivity index (χ1v) is 9.29. The summed E-state index contributed by atoms with van der Waals surface area (Å²) in [6.45, 7) is 3.69. The van der Waals surface area contributed by atoms with Crippen LogP contribution in [0, 0.1) is 17.8 Å². The number of alkyl halides is 1. The number of ether oxygens (including phenoxy) is 1. The van der Waals surface area contributed by atoms with Gasteiger partial charge in [-0.15, -0.1) is 0 Å². The number of hydrogen-bond donors (Lipinski definition) is 1. The molecule has 2 saturated carbocycles. The molecule has 2 fully saturated rings. The van der Waals surface area contributed by atoms with Gasteiger partial charge in [-0.3, -0.25) is 4.79 Å². The molecule has 4 heteroatoms. The van der Waals surface area contributed by atoms with Crippen LogP contribution < -0.4 is 5.32 Å². The molecule has 0 spiro atoms. The van der Waals surface area contributed by atoms with Crippen LogP contribution in [0.4, 0.5) is 0 Å². The van der Waals surface area contributed by atoms with Crippen molar-refractivity contribution >= 4 is 21.8 Å². The Kier molecular flexibility index (Phi) is 6.82. The maximum atomic E-state index is 12.0. The summed E-state index contributed by atoms with van der Waals surface area (Å²) in [7, 11) is 0. The molecule has 2 aliphatic carbocycles. The summed E-state index contributed by atoms with van der Waals surface area (Å²) in [6.07, 6.45) is 8.48. The Bertz CT molecular complexity index is 305. The van der Waals surface area contributed by atoms with Crippen LogP contribution >= 0.6 is 15.9 Å². The highest BCUT2D eigenvalue weighted by Crippen LogP contribution is 2.33. The molecule has 0 aliphatic heterocycles. The highest BCUT2D eigenvalue weighted by molar-refractivity contribution is 9.09. The maximum Gasteiger partial charge on any atom is 0.220 e. The van der Waals surface area contributed by atoms with Gasteiger partial charge < -0.3 is 10.1 Å². The van der Waals surface area contributed by atoms with Crippen LogP contribution in [-0.2, 0) is 9.53 Å². The molecule has 1 amide bonds. The van der Waals surface area contributed by atoms with Crippen molar-refractivity contribution in [3.63, 3.8) is 0 Å². The van der Waals surface area contributed by atoms with Crippen LogP contribution in [-0.4, -0.2) is 30.5 Å². The van der Waals surface area contributed by atoms with Gasteiger partial charge in [0.05, 0.1) is 6.10 Å². The molecule has 2 atom stereocenters. The third-order valence-corrected chi connectivity index (χ3v) is 5.73. The van der Waals surface area contributed by atoms with E-state index in [0.717, 1.165) is 37.2 Å². The summed E-state index contributed by atoms with van der Waals surface area (Å²) >= 11 is 3.61. The highest BCUT2D eigenvalue weighted by Gasteiger charge is 2.31. The molecule has 2 unspecified atom stereocenters. The number of rotatable bonds is 7. The van der Waals surface area contributed by atoms with E-state index in [1.54, 1.807) is 0 Å². The lowest BCUT2D eigenvalue weighted by atomic mass is 9.79. The van der Waals surface area contributed by atoms with Gasteiger partial charge in [0.25, 0.3) is 0 Å². The van der Waals surface area contributed by atoms with Crippen molar-refractivity contribution < 1.29 is 9.53 Å². The third kappa shape index (κ3) is 4.73. The van der Waals surface area contributed by atoms with Gasteiger partial charge in [-0.05, 0) is 50.4 Å². The maximum absolute atomic E-state index is 12.0. The van der Waals surface area contributed by atoms with E-state index in [4.69, 9.17) is 4.74 Å². The summed E-state index contributed by atoms with van der Waals surface area (Å²) in [5.74, 6) is 2.20. The largest absolute Gasteiger partial charge is 0.378 e. The van der Waals surface area contributed by atoms with Gasteiger partial charge in [-0.2, -0.15) is 0 Å². The molecule has 116 valence electrons. The van der Waals surface area contributed by atoms with Gasteiger partial charge in [0.15, 0.2) is 0 Å². The van der Waals surface area contributed by atoms with Gasteiger partial charge in [-0.1, -0.05) is 28.8 Å². The Morgan fingerprint density at radius 3 is 2.60 bits per heavy atom. The Hall–Kier alpha value is -0.0900. The molecule has 2 aliphatic rings. The van der Waals surface area contributed by atoms with E-state index in [1.165, 1.54) is 25.7 Å². The molecule has 0 heterocycles. The zero-order chi connectivity index (χ0) is 14.4. The lowest BCUT2D eigenvalue weighted by Crippen LogP contribution is -2.38. The second-order valence-electron chi connectivity index (χ2n) is 6.38. The van der Waals surface area contributed by atoms with Crippen LogP contribution in [0.15, 0.2) is 0 Å². The first-order valence-electron chi connectivity index (χ1n) is 8.17. The monoisotopic (exact) mass is 345 g/mol. The van der Waals surface area contributed by atoms with Crippen molar-refractivity contribution in [2.75, 3.05) is 18.5 Å². The molecule has 0 radical (unpaired) electrons. The SMILES string of the molecule is CCOC1CC(CC(=O)NCC2CCCCC2CBr)C1. The molecule has 0 bridgehead atoms. The second kappa shape index (κ2) is 8.38. The first kappa shape index (κ1) is 16.3. The van der Waals surface area contributed by atoms with Gasteiger partial charge in [0.1, 0.15) is 0 Å². The minimum atomic E-state index is 0.240. The highest BCUT2D eigenvalue weighted by atomic mass is 79.9. The molecule has 2 rings (SSSR count). The lowest BCUT2D eigenvalue weighted by Gasteiger charge is -2.35. The number of halogens is 1. The van der Waals surface area contributed by atoms with E-state index in [2.05, 4.69) is 21.2 Å². The van der Waals surface area contributed by atoms with Crippen molar-refractivity contribution in [3.05, 3.63) is 0 Å². The molecule has 20 heavy (non-hydrogen) atoms. The first-order chi connectivity index (χ1) is 9.72. The third-order valence-electron chi connectivity index (χ3n) is 4.90. The van der Waals surface area contributed by atoms with Crippen molar-refractivity contribution in [3.8, 4) is 0 Å². The number of amides is 1. The fourth-order valence-electron chi connectivity index (χ4n) is 3.55. The zero-order valence-corrected chi connectivity index (χ0v) is 14.2. The van der Waals surface area contributed by atoms with Gasteiger partial charge in [0.2, 0.25) is 5.91 Å². The molecule has 0 aromatic rings. The van der Waals surface area contributed by atoms with Gasteiger partial charge >= 0.3 is 0 Å². The van der Waals surface area contributed by atoms with E-state index in [0.29, 0.717) is 24.4 Å². The van der Waals surface area contributed by atoms with Crippen LogP contribution in [0.3, 0.4) is 0 Å². The van der Waals surface area contributed by atoms with Crippen LogP contribution in [0.1, 0.15) is 51.9 Å². The van der Waals surface area contributed by atoms with Crippen LogP contribution in [0.5, 0.6) is 0 Å². The number of carbonyl (C=O) groups excluding carboxylic acids is 1. The predicted octanol–water partition coefficient (Wildman–Crippen LogP) is 3.51. The van der Waals surface area contributed by atoms with Gasteiger partial charge in [-0.25, -0.2) is 0 Å². The molecule has 0 saturated heterocycles. The van der Waals surface area contributed by atoms with Crippen molar-refractivity contribution in [2.24, 2.45) is 17.8 Å². The van der Waals surface area contributed by atoms with Crippen molar-refractivity contribution in [2.45, 2.75) is 58.0 Å². The minimum absolute atomic E-state index is 0.240. The fourth-order valence-corrected chi connectivity index (χ4v) is 4.40. The smallest absolute Gasteiger partial charge is 0.220 e. The average Bonchev–Trinajstić information content (AvgIpc) is 2.43. The predicted molar refractivity (Wildman–Crippen MR) is 85.0 cm³/mol. The number of hydrogen-bond acceptors (Lipinski definition) is 2. The Morgan fingerprint density at radius 2 is 1.95 bits per heavy atom. The summed E-state index contributed by atoms with van der Waals surface area (Å²) in [4.78, 5) is 12.0. The Balaban J connectivity index is 1.60. The summed E-state index contributed by atoms with van der Waals surface area (Å²) < 4.78 is 5.54. The Morgan fingerprint density at radius 1 is 1.25 bits per heavy atom. The molecule has 0 aromatic heterocycles. The van der Waals surface area contributed by atoms with Crippen molar-refractivity contribution in [1.82, 2.24) is 5.32 Å². The summed E-state index contributed by atoms with van der Waals surface area (Å²) in [6, 6.07) is 0. The molecular weight excluding hydrogens is 318 g/mol. The average molecular weight is 346 g/mol. The second-order valence-corrected chi connectivity index (χ2v) is 7.03. The lowest BCUT2D eigenvalue weighted by molar-refractivity contribution is -0.124. The summed E-state index contributed by atoms with van der Waals surface area (Å²) in [5, 5.41) is 4.24. The molecule has 0 aromatic carbocycles. The van der Waals surface area contributed by atoms with E-state index < -0.39 is 0 Å². The van der Waals surface area contributed by atoms with Crippen LogP contribution in [0.2, 0.25) is 0 Å². The minimum Gasteiger partial charge on any atom is -0.378 e. The molecule has 3 nitrogen and oxygen atoms in total. The van der Waals surface area contributed by atoms with Crippen molar-refractivity contribution in [1.29, 1.82) is 0 Å². The van der Waals surface area contributed by atoms with Gasteiger partial charge in [0, 0.05) is 24.9 Å². The van der Waals surface area contributed by atoms with Crippen LogP contribution in [0.25, 0.3) is 0 Å². The normalized spacial score (nSPS) is 33.5. The molecule has 1 N–H and O–H groups in total. The van der Waals surface area contributed by atoms with E-state index in [1.807, 2.05) is 6.92 Å². The van der Waals surface area contributed by atoms with E-state index in [9.17, 15) is 4.79 Å². The quantitative estimate of drug-likeness (QED) is 0.717. The number of carbonyl (C=O) groups is 1. The van der Waals surface area contributed by atoms with E-state index in [-0.39, 0.29) is 5.91 Å². The standard InChI is InChI=1S/C16H28BrNO2/c1-2-20-15-7-12(8-15)9-16(19)18-11-14-6-4-3-5-13(14)10-17/h12-15H,2-11H2,1H3,(H,18,19). The summed E-state index contributed by atoms with van der Waals surface area (Å²) in [5.41, 5.74) is 0. The fraction of sp³-hybridized carbons (Fsp3) is 0.938. The van der Waals surface area contributed by atoms with E-state index >= 15 is 0 Å². The molecular formula is C16H28BrNO2. The number of nitrogens with one attached hydrogen (secondary N) is 1. The Labute approximate surface area is 131 Å².